The highest BCUT2D eigenvalue weighted by molar-refractivity contribution is 7.12. The minimum Gasteiger partial charge on any atom is -0.352 e. The van der Waals surface area contributed by atoms with Crippen molar-refractivity contribution in [3.8, 4) is 0 Å². The number of rotatable bonds is 7. The van der Waals surface area contributed by atoms with Crippen LogP contribution in [0, 0.1) is 11.8 Å². The summed E-state index contributed by atoms with van der Waals surface area (Å²) in [4.78, 5) is 40.0. The van der Waals surface area contributed by atoms with Crippen molar-refractivity contribution in [2.75, 3.05) is 13.1 Å². The zero-order chi connectivity index (χ0) is 20.0. The first-order chi connectivity index (χ1) is 12.8. The molecule has 1 saturated heterocycles. The Morgan fingerprint density at radius 3 is 2.37 bits per heavy atom. The molecule has 0 aromatic carbocycles. The van der Waals surface area contributed by atoms with Crippen LogP contribution in [0.3, 0.4) is 0 Å². The average molecular weight is 394 g/mol. The summed E-state index contributed by atoms with van der Waals surface area (Å²) in [5.74, 6) is -0.201. The van der Waals surface area contributed by atoms with Gasteiger partial charge in [-0.3, -0.25) is 14.4 Å². The van der Waals surface area contributed by atoms with E-state index in [4.69, 9.17) is 0 Å². The Labute approximate surface area is 165 Å². The van der Waals surface area contributed by atoms with Gasteiger partial charge in [-0.15, -0.1) is 11.3 Å². The molecule has 2 N–H and O–H groups in total. The molecule has 1 aliphatic rings. The standard InChI is InChI=1S/C20H31N3O3S/c1-5-14(4)21-19(25)17(22-18(24)16-7-6-12-27-16)15-8-10-23(11-9-15)20(26)13(2)3/h6-7,12-15,17H,5,8-11H2,1-4H3,(H,21,25)(H,22,24). The van der Waals surface area contributed by atoms with Gasteiger partial charge in [0.1, 0.15) is 6.04 Å². The SMILES string of the molecule is CCC(C)NC(=O)C(NC(=O)c1cccs1)C1CCN(C(=O)C(C)C)CC1. The van der Waals surface area contributed by atoms with Crippen molar-refractivity contribution in [1.82, 2.24) is 15.5 Å². The predicted octanol–water partition coefficient (Wildman–Crippen LogP) is 2.66. The first-order valence-corrected chi connectivity index (χ1v) is 10.6. The van der Waals surface area contributed by atoms with Crippen LogP contribution in [0.4, 0.5) is 0 Å². The lowest BCUT2D eigenvalue weighted by molar-refractivity contribution is -0.136. The van der Waals surface area contributed by atoms with Gasteiger partial charge in [0.25, 0.3) is 5.91 Å². The Morgan fingerprint density at radius 1 is 1.19 bits per heavy atom. The molecule has 0 spiro atoms. The molecule has 3 amide bonds. The lowest BCUT2D eigenvalue weighted by Crippen LogP contribution is -2.55. The molecule has 6 nitrogen and oxygen atoms in total. The number of amides is 3. The number of carbonyl (C=O) groups is 3. The molecule has 1 aliphatic heterocycles. The van der Waals surface area contributed by atoms with Gasteiger partial charge >= 0.3 is 0 Å². The van der Waals surface area contributed by atoms with Crippen LogP contribution in [0.5, 0.6) is 0 Å². The quantitative estimate of drug-likeness (QED) is 0.747. The van der Waals surface area contributed by atoms with Gasteiger partial charge in [-0.25, -0.2) is 0 Å². The van der Waals surface area contributed by atoms with Crippen molar-refractivity contribution in [3.63, 3.8) is 0 Å². The minimum atomic E-state index is -0.579. The van der Waals surface area contributed by atoms with Crippen molar-refractivity contribution in [3.05, 3.63) is 22.4 Å². The topological polar surface area (TPSA) is 78.5 Å². The zero-order valence-corrected chi connectivity index (χ0v) is 17.5. The van der Waals surface area contributed by atoms with Gasteiger partial charge in [0.05, 0.1) is 4.88 Å². The number of nitrogens with zero attached hydrogens (tertiary/aromatic N) is 1. The maximum absolute atomic E-state index is 12.8. The molecule has 0 aliphatic carbocycles. The second-order valence-electron chi connectivity index (χ2n) is 7.56. The van der Waals surface area contributed by atoms with Crippen LogP contribution >= 0.6 is 11.3 Å². The monoisotopic (exact) mass is 393 g/mol. The van der Waals surface area contributed by atoms with Crippen LogP contribution in [0.25, 0.3) is 0 Å². The molecule has 1 aromatic heterocycles. The maximum Gasteiger partial charge on any atom is 0.262 e. The fourth-order valence-corrected chi connectivity index (χ4v) is 3.90. The van der Waals surface area contributed by atoms with E-state index < -0.39 is 6.04 Å². The third-order valence-corrected chi connectivity index (χ3v) is 6.00. The molecule has 2 atom stereocenters. The Kier molecular flexibility index (Phi) is 7.83. The number of carbonyl (C=O) groups excluding carboxylic acids is 3. The summed E-state index contributed by atoms with van der Waals surface area (Å²) in [6.45, 7) is 9.03. The maximum atomic E-state index is 12.8. The summed E-state index contributed by atoms with van der Waals surface area (Å²) in [7, 11) is 0. The Bertz CT molecular complexity index is 637. The lowest BCUT2D eigenvalue weighted by atomic mass is 9.88. The molecule has 2 unspecified atom stereocenters. The Hall–Kier alpha value is -1.89. The fraction of sp³-hybridized carbons (Fsp3) is 0.650. The van der Waals surface area contributed by atoms with Crippen LogP contribution in [-0.4, -0.2) is 47.8 Å². The van der Waals surface area contributed by atoms with Gasteiger partial charge in [0, 0.05) is 25.0 Å². The molecular weight excluding hydrogens is 362 g/mol. The van der Waals surface area contributed by atoms with Gasteiger partial charge in [-0.2, -0.15) is 0 Å². The molecule has 150 valence electrons. The normalized spacial score (nSPS) is 17.4. The molecule has 1 fully saturated rings. The predicted molar refractivity (Wildman–Crippen MR) is 108 cm³/mol. The third-order valence-electron chi connectivity index (χ3n) is 5.13. The van der Waals surface area contributed by atoms with Gasteiger partial charge in [0.2, 0.25) is 11.8 Å². The summed E-state index contributed by atoms with van der Waals surface area (Å²) in [6, 6.07) is 3.06. The van der Waals surface area contributed by atoms with Gasteiger partial charge < -0.3 is 15.5 Å². The third kappa shape index (κ3) is 5.79. The number of hydrogen-bond acceptors (Lipinski definition) is 4. The minimum absolute atomic E-state index is 0.0224. The smallest absolute Gasteiger partial charge is 0.262 e. The summed E-state index contributed by atoms with van der Waals surface area (Å²) < 4.78 is 0. The second kappa shape index (κ2) is 9.88. The van der Waals surface area contributed by atoms with Gasteiger partial charge in [-0.05, 0) is 43.6 Å². The van der Waals surface area contributed by atoms with Gasteiger partial charge in [-0.1, -0.05) is 26.8 Å². The number of nitrogens with one attached hydrogen (secondary N) is 2. The van der Waals surface area contributed by atoms with Crippen molar-refractivity contribution in [1.29, 1.82) is 0 Å². The van der Waals surface area contributed by atoms with Crippen molar-refractivity contribution in [2.24, 2.45) is 11.8 Å². The number of likely N-dealkylation sites (tertiary alicyclic amines) is 1. The molecule has 0 radical (unpaired) electrons. The van der Waals surface area contributed by atoms with E-state index in [1.165, 1.54) is 11.3 Å². The molecule has 0 bridgehead atoms. The van der Waals surface area contributed by atoms with E-state index in [0.717, 1.165) is 6.42 Å². The summed E-state index contributed by atoms with van der Waals surface area (Å²) >= 11 is 1.36. The first-order valence-electron chi connectivity index (χ1n) is 9.77. The average Bonchev–Trinajstić information content (AvgIpc) is 3.20. The molecule has 27 heavy (non-hydrogen) atoms. The first kappa shape index (κ1) is 21.4. The van der Waals surface area contributed by atoms with E-state index in [1.807, 2.05) is 44.0 Å². The second-order valence-corrected chi connectivity index (χ2v) is 8.51. The van der Waals surface area contributed by atoms with Crippen LogP contribution in [-0.2, 0) is 9.59 Å². The molecule has 7 heteroatoms. The highest BCUT2D eigenvalue weighted by atomic mass is 32.1. The highest BCUT2D eigenvalue weighted by Gasteiger charge is 2.34. The Morgan fingerprint density at radius 2 is 1.85 bits per heavy atom. The van der Waals surface area contributed by atoms with Crippen molar-refractivity contribution < 1.29 is 14.4 Å². The van der Waals surface area contributed by atoms with E-state index in [2.05, 4.69) is 10.6 Å². The highest BCUT2D eigenvalue weighted by Crippen LogP contribution is 2.23. The van der Waals surface area contributed by atoms with Gasteiger partial charge in [0.15, 0.2) is 0 Å². The van der Waals surface area contributed by atoms with Crippen LogP contribution < -0.4 is 10.6 Å². The fourth-order valence-electron chi connectivity index (χ4n) is 3.27. The Balaban J connectivity index is 2.06. The van der Waals surface area contributed by atoms with Crippen molar-refractivity contribution in [2.45, 2.75) is 59.0 Å². The van der Waals surface area contributed by atoms with E-state index in [-0.39, 0.29) is 35.6 Å². The summed E-state index contributed by atoms with van der Waals surface area (Å²) in [6.07, 6.45) is 2.25. The van der Waals surface area contributed by atoms with E-state index in [9.17, 15) is 14.4 Å². The molecule has 1 aromatic rings. The zero-order valence-electron chi connectivity index (χ0n) is 16.7. The largest absolute Gasteiger partial charge is 0.352 e. The summed E-state index contributed by atoms with van der Waals surface area (Å²) in [5, 5.41) is 7.79. The van der Waals surface area contributed by atoms with E-state index in [1.54, 1.807) is 6.07 Å². The molecule has 2 rings (SSSR count). The number of piperidine rings is 1. The van der Waals surface area contributed by atoms with Crippen LogP contribution in [0.2, 0.25) is 0 Å². The van der Waals surface area contributed by atoms with Crippen LogP contribution in [0.15, 0.2) is 17.5 Å². The summed E-state index contributed by atoms with van der Waals surface area (Å²) in [5.41, 5.74) is 0. The number of thiophene rings is 1. The molecule has 0 saturated carbocycles. The van der Waals surface area contributed by atoms with E-state index >= 15 is 0 Å². The lowest BCUT2D eigenvalue weighted by Gasteiger charge is -2.36. The molecular formula is C20H31N3O3S. The number of hydrogen-bond donors (Lipinski definition) is 2. The van der Waals surface area contributed by atoms with Crippen LogP contribution in [0.1, 0.15) is 56.6 Å². The van der Waals surface area contributed by atoms with Crippen molar-refractivity contribution >= 4 is 29.1 Å². The van der Waals surface area contributed by atoms with E-state index in [0.29, 0.717) is 30.8 Å². The molecule has 2 heterocycles.